The molecule has 0 saturated carbocycles. The molecule has 0 spiro atoms. The first-order valence-corrected chi connectivity index (χ1v) is 7.60. The molecule has 3 nitrogen and oxygen atoms in total. The summed E-state index contributed by atoms with van der Waals surface area (Å²) >= 11 is 1.93. The van der Waals surface area contributed by atoms with Crippen molar-refractivity contribution in [2.45, 2.75) is 37.5 Å². The van der Waals surface area contributed by atoms with E-state index in [0.717, 1.165) is 13.1 Å². The molecule has 0 bridgehead atoms. The molecular formula is C14H19N3S. The fourth-order valence-electron chi connectivity index (χ4n) is 2.70. The second-order valence-electron chi connectivity index (χ2n) is 5.04. The fraction of sp³-hybridized carbons (Fsp3) is 0.571. The van der Waals surface area contributed by atoms with E-state index < -0.39 is 0 Å². The molecular weight excluding hydrogens is 242 g/mol. The molecule has 1 aromatic heterocycles. The van der Waals surface area contributed by atoms with Crippen LogP contribution < -0.4 is 0 Å². The van der Waals surface area contributed by atoms with Crippen LogP contribution in [0.5, 0.6) is 0 Å². The van der Waals surface area contributed by atoms with Crippen LogP contribution >= 0.6 is 11.8 Å². The Labute approximate surface area is 113 Å². The Bertz CT molecular complexity index is 432. The van der Waals surface area contributed by atoms with Crippen molar-refractivity contribution in [3.05, 3.63) is 30.1 Å². The number of hydrogen-bond donors (Lipinski definition) is 0. The van der Waals surface area contributed by atoms with Gasteiger partial charge in [0.05, 0.1) is 12.6 Å². The van der Waals surface area contributed by atoms with Crippen molar-refractivity contribution in [1.29, 1.82) is 0 Å². The Morgan fingerprint density at radius 2 is 2.33 bits per heavy atom. The largest absolute Gasteiger partial charge is 0.344 e. The molecule has 1 saturated heterocycles. The zero-order valence-electron chi connectivity index (χ0n) is 10.7. The highest BCUT2D eigenvalue weighted by Crippen LogP contribution is 2.35. The minimum Gasteiger partial charge on any atom is -0.344 e. The molecule has 1 fully saturated rings. The monoisotopic (exact) mass is 261 g/mol. The zero-order valence-corrected chi connectivity index (χ0v) is 11.6. The molecule has 0 radical (unpaired) electrons. The lowest BCUT2D eigenvalue weighted by molar-refractivity contribution is 0.249. The van der Waals surface area contributed by atoms with Crippen LogP contribution in [0.4, 0.5) is 0 Å². The fourth-order valence-corrected chi connectivity index (χ4v) is 3.71. The van der Waals surface area contributed by atoms with Gasteiger partial charge in [-0.25, -0.2) is 0 Å². The standard InChI is InChI=1S/C14H19N3S/c1-11-9-16-14(18-11)17-8-3-2-6-13(17)12-5-4-7-15-10-12/h4-5,7,10-11,13H,2-3,6,8-9H2,1H3/t11-,13+/m0/s1. The van der Waals surface area contributed by atoms with Gasteiger partial charge in [0.1, 0.15) is 0 Å². The van der Waals surface area contributed by atoms with Crippen molar-refractivity contribution >= 4 is 16.9 Å². The van der Waals surface area contributed by atoms with E-state index in [1.807, 2.05) is 30.2 Å². The minimum absolute atomic E-state index is 0.476. The summed E-state index contributed by atoms with van der Waals surface area (Å²) in [5, 5.41) is 1.88. The summed E-state index contributed by atoms with van der Waals surface area (Å²) in [4.78, 5) is 11.5. The first-order valence-electron chi connectivity index (χ1n) is 6.72. The Hall–Kier alpha value is -1.03. The van der Waals surface area contributed by atoms with Crippen molar-refractivity contribution in [2.75, 3.05) is 13.1 Å². The van der Waals surface area contributed by atoms with Crippen molar-refractivity contribution in [2.24, 2.45) is 4.99 Å². The van der Waals surface area contributed by atoms with Gasteiger partial charge in [0.15, 0.2) is 5.17 Å². The quantitative estimate of drug-likeness (QED) is 0.777. The number of nitrogens with zero attached hydrogens (tertiary/aromatic N) is 3. The molecule has 0 aromatic carbocycles. The molecule has 96 valence electrons. The highest BCUT2D eigenvalue weighted by atomic mass is 32.2. The number of pyridine rings is 1. The number of thioether (sulfide) groups is 1. The molecule has 3 rings (SSSR count). The van der Waals surface area contributed by atoms with Crippen LogP contribution in [-0.2, 0) is 0 Å². The van der Waals surface area contributed by atoms with Gasteiger partial charge >= 0.3 is 0 Å². The highest BCUT2D eigenvalue weighted by molar-refractivity contribution is 8.14. The summed E-state index contributed by atoms with van der Waals surface area (Å²) < 4.78 is 0. The number of piperidine rings is 1. The van der Waals surface area contributed by atoms with Gasteiger partial charge in [-0.1, -0.05) is 24.8 Å². The Kier molecular flexibility index (Phi) is 3.55. The van der Waals surface area contributed by atoms with E-state index in [1.165, 1.54) is 30.0 Å². The maximum absolute atomic E-state index is 4.70. The van der Waals surface area contributed by atoms with Gasteiger partial charge in [-0.3, -0.25) is 9.98 Å². The summed E-state index contributed by atoms with van der Waals surface area (Å²) in [6, 6.07) is 4.71. The Balaban J connectivity index is 1.83. The number of aromatic nitrogens is 1. The van der Waals surface area contributed by atoms with Crippen LogP contribution in [0, 0.1) is 0 Å². The third-order valence-corrected chi connectivity index (χ3v) is 4.73. The number of amidine groups is 1. The van der Waals surface area contributed by atoms with Crippen molar-refractivity contribution in [3.8, 4) is 0 Å². The van der Waals surface area contributed by atoms with E-state index in [4.69, 9.17) is 4.99 Å². The minimum atomic E-state index is 0.476. The average molecular weight is 261 g/mol. The lowest BCUT2D eigenvalue weighted by Crippen LogP contribution is -2.36. The lowest BCUT2D eigenvalue weighted by atomic mass is 9.97. The van der Waals surface area contributed by atoms with Crippen LogP contribution in [0.1, 0.15) is 37.8 Å². The molecule has 0 amide bonds. The number of aliphatic imine (C=N–C) groups is 1. The first kappa shape index (κ1) is 12.0. The van der Waals surface area contributed by atoms with Crippen molar-refractivity contribution < 1.29 is 0 Å². The highest BCUT2D eigenvalue weighted by Gasteiger charge is 2.29. The van der Waals surface area contributed by atoms with Crippen molar-refractivity contribution in [3.63, 3.8) is 0 Å². The summed E-state index contributed by atoms with van der Waals surface area (Å²) in [6.07, 6.45) is 7.67. The van der Waals surface area contributed by atoms with E-state index in [9.17, 15) is 0 Å². The van der Waals surface area contributed by atoms with E-state index in [1.54, 1.807) is 0 Å². The molecule has 0 unspecified atom stereocenters. The third-order valence-electron chi connectivity index (χ3n) is 3.61. The molecule has 18 heavy (non-hydrogen) atoms. The Morgan fingerprint density at radius 1 is 1.39 bits per heavy atom. The summed E-state index contributed by atoms with van der Waals surface area (Å²) in [5.41, 5.74) is 1.33. The van der Waals surface area contributed by atoms with Gasteiger partial charge in [0.25, 0.3) is 0 Å². The van der Waals surface area contributed by atoms with Crippen LogP contribution in [0.2, 0.25) is 0 Å². The lowest BCUT2D eigenvalue weighted by Gasteiger charge is -2.37. The zero-order chi connectivity index (χ0) is 12.4. The van der Waals surface area contributed by atoms with Crippen LogP contribution in [-0.4, -0.2) is 33.4 Å². The van der Waals surface area contributed by atoms with Gasteiger partial charge < -0.3 is 4.90 Å². The van der Waals surface area contributed by atoms with E-state index in [-0.39, 0.29) is 0 Å². The Morgan fingerprint density at radius 3 is 3.06 bits per heavy atom. The SMILES string of the molecule is C[C@H]1CN=C(N2CCCC[C@@H]2c2cccnc2)S1. The number of rotatable bonds is 1. The summed E-state index contributed by atoms with van der Waals surface area (Å²) in [5.74, 6) is 0. The predicted molar refractivity (Wildman–Crippen MR) is 76.9 cm³/mol. The maximum Gasteiger partial charge on any atom is 0.160 e. The van der Waals surface area contributed by atoms with Gasteiger partial charge in [0, 0.05) is 24.2 Å². The van der Waals surface area contributed by atoms with Crippen LogP contribution in [0.3, 0.4) is 0 Å². The average Bonchev–Trinajstić information content (AvgIpc) is 2.86. The van der Waals surface area contributed by atoms with Crippen LogP contribution in [0.15, 0.2) is 29.5 Å². The molecule has 3 heterocycles. The number of likely N-dealkylation sites (tertiary alicyclic amines) is 1. The first-order chi connectivity index (χ1) is 8.84. The maximum atomic E-state index is 4.70. The van der Waals surface area contributed by atoms with Crippen LogP contribution in [0.25, 0.3) is 0 Å². The van der Waals surface area contributed by atoms with Gasteiger partial charge in [-0.2, -0.15) is 0 Å². The summed E-state index contributed by atoms with van der Waals surface area (Å²) in [6.45, 7) is 4.36. The predicted octanol–water partition coefficient (Wildman–Crippen LogP) is 3.10. The molecule has 0 aliphatic carbocycles. The molecule has 1 aromatic rings. The molecule has 0 N–H and O–H groups in total. The van der Waals surface area contributed by atoms with Gasteiger partial charge in [-0.05, 0) is 30.9 Å². The topological polar surface area (TPSA) is 28.5 Å². The second kappa shape index (κ2) is 5.31. The molecule has 4 heteroatoms. The number of hydrogen-bond acceptors (Lipinski definition) is 4. The molecule has 2 aliphatic rings. The van der Waals surface area contributed by atoms with E-state index in [0.29, 0.717) is 11.3 Å². The molecule has 2 atom stereocenters. The van der Waals surface area contributed by atoms with Crippen molar-refractivity contribution in [1.82, 2.24) is 9.88 Å². The van der Waals surface area contributed by atoms with E-state index >= 15 is 0 Å². The molecule has 2 aliphatic heterocycles. The summed E-state index contributed by atoms with van der Waals surface area (Å²) in [7, 11) is 0. The smallest absolute Gasteiger partial charge is 0.160 e. The second-order valence-corrected chi connectivity index (χ2v) is 6.45. The van der Waals surface area contributed by atoms with Gasteiger partial charge in [-0.15, -0.1) is 0 Å². The van der Waals surface area contributed by atoms with Gasteiger partial charge in [0.2, 0.25) is 0 Å². The van der Waals surface area contributed by atoms with E-state index in [2.05, 4.69) is 22.9 Å². The normalized spacial score (nSPS) is 28.3. The third kappa shape index (κ3) is 2.39.